The van der Waals surface area contributed by atoms with E-state index < -0.39 is 12.1 Å². The number of halogens is 1. The van der Waals surface area contributed by atoms with E-state index in [0.29, 0.717) is 0 Å². The van der Waals surface area contributed by atoms with Crippen LogP contribution in [-0.4, -0.2) is 0 Å². The molecule has 0 saturated carbocycles. The fourth-order valence-electron chi connectivity index (χ4n) is 0.596. The van der Waals surface area contributed by atoms with Crippen LogP contribution in [-0.2, 0) is 0 Å². The van der Waals surface area contributed by atoms with Crippen LogP contribution in [0.4, 0.5) is 4.39 Å². The van der Waals surface area contributed by atoms with Crippen molar-refractivity contribution in [2.45, 2.75) is 6.04 Å². The van der Waals surface area contributed by atoms with Gasteiger partial charge in [-0.05, 0) is 6.07 Å². The van der Waals surface area contributed by atoms with Gasteiger partial charge in [0.2, 0.25) is 0 Å². The van der Waals surface area contributed by atoms with Crippen molar-refractivity contribution in [2.24, 2.45) is 5.73 Å². The van der Waals surface area contributed by atoms with Gasteiger partial charge in [0.1, 0.15) is 6.04 Å². The third-order valence-corrected chi connectivity index (χ3v) is 1.12. The molecule has 0 aromatic carbocycles. The number of hydrogen-bond acceptors (Lipinski definition) is 3. The van der Waals surface area contributed by atoms with Gasteiger partial charge in [0.05, 0.1) is 17.9 Å². The summed E-state index contributed by atoms with van der Waals surface area (Å²) in [4.78, 5) is 0. The fourth-order valence-corrected chi connectivity index (χ4v) is 0.596. The highest BCUT2D eigenvalue weighted by atomic mass is 19.1. The van der Waals surface area contributed by atoms with Crippen LogP contribution in [0.2, 0.25) is 0 Å². The SMILES string of the molecule is N#CC(N)c1ccoc1F. The van der Waals surface area contributed by atoms with Gasteiger partial charge in [-0.3, -0.25) is 0 Å². The number of nitrogens with zero attached hydrogens (tertiary/aromatic N) is 1. The van der Waals surface area contributed by atoms with Crippen LogP contribution >= 0.6 is 0 Å². The van der Waals surface area contributed by atoms with Crippen molar-refractivity contribution in [3.63, 3.8) is 0 Å². The first-order valence-electron chi connectivity index (χ1n) is 2.64. The molecule has 0 radical (unpaired) electrons. The molecule has 1 atom stereocenters. The quantitative estimate of drug-likeness (QED) is 0.631. The van der Waals surface area contributed by atoms with Gasteiger partial charge in [-0.1, -0.05) is 0 Å². The van der Waals surface area contributed by atoms with E-state index in [1.807, 2.05) is 0 Å². The van der Waals surface area contributed by atoms with E-state index in [1.165, 1.54) is 6.07 Å². The van der Waals surface area contributed by atoms with Crippen molar-refractivity contribution in [1.82, 2.24) is 0 Å². The molecule has 0 fully saturated rings. The third kappa shape index (κ3) is 0.993. The van der Waals surface area contributed by atoms with Crippen molar-refractivity contribution in [1.29, 1.82) is 5.26 Å². The predicted molar refractivity (Wildman–Crippen MR) is 31.2 cm³/mol. The molecule has 0 aliphatic heterocycles. The molecule has 0 aliphatic rings. The topological polar surface area (TPSA) is 63.0 Å². The van der Waals surface area contributed by atoms with E-state index in [9.17, 15) is 4.39 Å². The van der Waals surface area contributed by atoms with Gasteiger partial charge in [0.15, 0.2) is 0 Å². The van der Waals surface area contributed by atoms with Crippen molar-refractivity contribution in [3.05, 3.63) is 23.9 Å². The van der Waals surface area contributed by atoms with E-state index >= 15 is 0 Å². The first-order chi connectivity index (χ1) is 4.75. The molecule has 1 aromatic rings. The molecule has 0 spiro atoms. The lowest BCUT2D eigenvalue weighted by Gasteiger charge is -1.94. The monoisotopic (exact) mass is 140 g/mol. The molecule has 52 valence electrons. The van der Waals surface area contributed by atoms with E-state index in [-0.39, 0.29) is 5.56 Å². The molecule has 0 saturated heterocycles. The maximum absolute atomic E-state index is 12.4. The Morgan fingerprint density at radius 2 is 2.50 bits per heavy atom. The molecule has 3 nitrogen and oxygen atoms in total. The number of hydrogen-bond donors (Lipinski definition) is 1. The van der Waals surface area contributed by atoms with Gasteiger partial charge in [-0.15, -0.1) is 0 Å². The van der Waals surface area contributed by atoms with Crippen LogP contribution < -0.4 is 5.73 Å². The van der Waals surface area contributed by atoms with Crippen molar-refractivity contribution in [2.75, 3.05) is 0 Å². The molecule has 1 rings (SSSR count). The van der Waals surface area contributed by atoms with Crippen LogP contribution in [0.3, 0.4) is 0 Å². The summed E-state index contributed by atoms with van der Waals surface area (Å²) in [7, 11) is 0. The van der Waals surface area contributed by atoms with Crippen LogP contribution in [0.1, 0.15) is 11.6 Å². The molecule has 4 heteroatoms. The Morgan fingerprint density at radius 1 is 1.80 bits per heavy atom. The molecule has 2 N–H and O–H groups in total. The Bertz CT molecular complexity index is 263. The minimum atomic E-state index is -0.932. The summed E-state index contributed by atoms with van der Waals surface area (Å²) in [5.74, 6) is 0. The van der Waals surface area contributed by atoms with Gasteiger partial charge in [-0.25, -0.2) is 0 Å². The summed E-state index contributed by atoms with van der Waals surface area (Å²) >= 11 is 0. The first kappa shape index (κ1) is 6.78. The van der Waals surface area contributed by atoms with Crippen molar-refractivity contribution in [3.8, 4) is 6.07 Å². The standard InChI is InChI=1S/C6H5FN2O/c7-6-4(1-2-10-6)5(9)3-8/h1-2,5H,9H2. The zero-order valence-corrected chi connectivity index (χ0v) is 5.04. The lowest BCUT2D eigenvalue weighted by atomic mass is 10.2. The van der Waals surface area contributed by atoms with Gasteiger partial charge < -0.3 is 10.2 Å². The lowest BCUT2D eigenvalue weighted by Crippen LogP contribution is -2.07. The van der Waals surface area contributed by atoms with Crippen LogP contribution in [0.5, 0.6) is 0 Å². The normalized spacial score (nSPS) is 12.5. The van der Waals surface area contributed by atoms with Gasteiger partial charge in [-0.2, -0.15) is 9.65 Å². The highest BCUT2D eigenvalue weighted by Gasteiger charge is 2.11. The number of furan rings is 1. The zero-order valence-electron chi connectivity index (χ0n) is 5.04. The Morgan fingerprint density at radius 3 is 2.90 bits per heavy atom. The van der Waals surface area contributed by atoms with Crippen LogP contribution in [0.25, 0.3) is 0 Å². The molecule has 0 aliphatic carbocycles. The van der Waals surface area contributed by atoms with Crippen LogP contribution in [0.15, 0.2) is 16.7 Å². The maximum Gasteiger partial charge on any atom is 0.283 e. The molecule has 0 amide bonds. The Hall–Kier alpha value is -1.34. The molecule has 1 heterocycles. The number of nitrogens with two attached hydrogens (primary N) is 1. The van der Waals surface area contributed by atoms with Gasteiger partial charge >= 0.3 is 0 Å². The molecular weight excluding hydrogens is 135 g/mol. The lowest BCUT2D eigenvalue weighted by molar-refractivity contribution is 0.351. The predicted octanol–water partition coefficient (Wildman–Crippen LogP) is 0.942. The highest BCUT2D eigenvalue weighted by molar-refractivity contribution is 5.18. The highest BCUT2D eigenvalue weighted by Crippen LogP contribution is 2.14. The Kier molecular flexibility index (Phi) is 1.69. The summed E-state index contributed by atoms with van der Waals surface area (Å²) in [6, 6.07) is 1.31. The molecule has 1 aromatic heterocycles. The summed E-state index contributed by atoms with van der Waals surface area (Å²) in [5, 5.41) is 8.25. The second-order valence-electron chi connectivity index (χ2n) is 1.76. The Balaban J connectivity index is 2.96. The van der Waals surface area contributed by atoms with E-state index in [2.05, 4.69) is 4.42 Å². The zero-order chi connectivity index (χ0) is 7.56. The number of nitriles is 1. The minimum Gasteiger partial charge on any atom is -0.439 e. The van der Waals surface area contributed by atoms with Gasteiger partial charge in [0, 0.05) is 0 Å². The van der Waals surface area contributed by atoms with Gasteiger partial charge in [0.25, 0.3) is 6.01 Å². The molecule has 1 unspecified atom stereocenters. The first-order valence-corrected chi connectivity index (χ1v) is 2.64. The average Bonchev–Trinajstić information content (AvgIpc) is 2.34. The van der Waals surface area contributed by atoms with Crippen LogP contribution in [0, 0.1) is 17.3 Å². The van der Waals surface area contributed by atoms with E-state index in [4.69, 9.17) is 11.0 Å². The molecule has 0 bridgehead atoms. The van der Waals surface area contributed by atoms with Crippen molar-refractivity contribution >= 4 is 0 Å². The molecule has 10 heavy (non-hydrogen) atoms. The summed E-state index contributed by atoms with van der Waals surface area (Å²) in [6.45, 7) is 0. The largest absolute Gasteiger partial charge is 0.439 e. The maximum atomic E-state index is 12.4. The smallest absolute Gasteiger partial charge is 0.283 e. The molecular formula is C6H5FN2O. The minimum absolute atomic E-state index is 0.0995. The second kappa shape index (κ2) is 2.50. The van der Waals surface area contributed by atoms with E-state index in [0.717, 1.165) is 6.26 Å². The van der Waals surface area contributed by atoms with E-state index in [1.54, 1.807) is 6.07 Å². The Labute approximate surface area is 56.9 Å². The fraction of sp³-hybridized carbons (Fsp3) is 0.167. The number of rotatable bonds is 1. The second-order valence-corrected chi connectivity index (χ2v) is 1.76. The summed E-state index contributed by atoms with van der Waals surface area (Å²) < 4.78 is 16.7. The van der Waals surface area contributed by atoms with Crippen molar-refractivity contribution < 1.29 is 8.81 Å². The summed E-state index contributed by atoms with van der Waals surface area (Å²) in [6.07, 6.45) is 1.15. The average molecular weight is 140 g/mol. The third-order valence-electron chi connectivity index (χ3n) is 1.12. The summed E-state index contributed by atoms with van der Waals surface area (Å²) in [5.41, 5.74) is 5.28.